The van der Waals surface area contributed by atoms with Crippen molar-refractivity contribution in [3.63, 3.8) is 0 Å². The van der Waals surface area contributed by atoms with Crippen LogP contribution in [-0.4, -0.2) is 15.4 Å². The van der Waals surface area contributed by atoms with Crippen LogP contribution in [0.25, 0.3) is 0 Å². The zero-order valence-corrected chi connectivity index (χ0v) is 11.7. The minimum absolute atomic E-state index is 0.220. The predicted molar refractivity (Wildman–Crippen MR) is 74.3 cm³/mol. The van der Waals surface area contributed by atoms with E-state index in [0.717, 1.165) is 5.56 Å². The summed E-state index contributed by atoms with van der Waals surface area (Å²) in [4.78, 5) is 4.41. The summed E-state index contributed by atoms with van der Waals surface area (Å²) in [7, 11) is 0. The van der Waals surface area contributed by atoms with Crippen LogP contribution in [0.2, 0.25) is 0 Å². The number of hydrogen-bond acceptors (Lipinski definition) is 5. The van der Waals surface area contributed by atoms with Gasteiger partial charge in [0.25, 0.3) is 0 Å². The van der Waals surface area contributed by atoms with Crippen molar-refractivity contribution in [2.45, 2.75) is 31.8 Å². The predicted octanol–water partition coefficient (Wildman–Crippen LogP) is 1.79. The summed E-state index contributed by atoms with van der Waals surface area (Å²) >= 11 is 1.25. The number of hydrogen-bond donors (Lipinski definition) is 2. The highest BCUT2D eigenvalue weighted by atomic mass is 32.1. The first kappa shape index (κ1) is 14.0. The molecule has 0 saturated carbocycles. The first-order chi connectivity index (χ1) is 8.89. The molecule has 0 bridgehead atoms. The second-order valence-corrected chi connectivity index (χ2v) is 5.65. The average Bonchev–Trinajstić information content (AvgIpc) is 2.78. The average molecular weight is 280 g/mol. The topological polar surface area (TPSA) is 77.8 Å². The monoisotopic (exact) mass is 280 g/mol. The Morgan fingerprint density at radius 3 is 2.84 bits per heavy atom. The van der Waals surface area contributed by atoms with E-state index >= 15 is 0 Å². The van der Waals surface area contributed by atoms with Crippen molar-refractivity contribution in [3.8, 4) is 0 Å². The fourth-order valence-corrected chi connectivity index (χ4v) is 2.39. The van der Waals surface area contributed by atoms with Crippen LogP contribution in [0.3, 0.4) is 0 Å². The van der Waals surface area contributed by atoms with Crippen molar-refractivity contribution < 1.29 is 4.39 Å². The van der Waals surface area contributed by atoms with E-state index in [-0.39, 0.29) is 11.9 Å². The molecule has 0 fully saturated rings. The number of rotatable bonds is 4. The third-order valence-corrected chi connectivity index (χ3v) is 4.13. The van der Waals surface area contributed by atoms with Gasteiger partial charge in [-0.15, -0.1) is 0 Å². The van der Waals surface area contributed by atoms with E-state index in [1.54, 1.807) is 6.07 Å². The molecular formula is C13H17FN4S. The molecule has 0 aliphatic rings. The fraction of sp³-hybridized carbons (Fsp3) is 0.385. The highest BCUT2D eigenvalue weighted by molar-refractivity contribution is 7.05. The highest BCUT2D eigenvalue weighted by Crippen LogP contribution is 2.23. The maximum atomic E-state index is 13.1. The SMILES string of the molecule is CC(N)C(C)(N)c1nc(Cc2cccc(F)c2)ns1. The summed E-state index contributed by atoms with van der Waals surface area (Å²) in [5.74, 6) is 0.384. The van der Waals surface area contributed by atoms with Crippen molar-refractivity contribution in [2.75, 3.05) is 0 Å². The summed E-state index contributed by atoms with van der Waals surface area (Å²) in [5.41, 5.74) is 12.1. The van der Waals surface area contributed by atoms with Gasteiger partial charge in [-0.2, -0.15) is 4.37 Å². The van der Waals surface area contributed by atoms with Crippen LogP contribution in [-0.2, 0) is 12.0 Å². The second-order valence-electron chi connectivity index (χ2n) is 4.89. The number of halogens is 1. The van der Waals surface area contributed by atoms with Crippen LogP contribution in [0.15, 0.2) is 24.3 Å². The maximum Gasteiger partial charge on any atom is 0.147 e. The van der Waals surface area contributed by atoms with E-state index in [4.69, 9.17) is 11.5 Å². The van der Waals surface area contributed by atoms with E-state index in [1.807, 2.05) is 19.9 Å². The summed E-state index contributed by atoms with van der Waals surface area (Å²) in [6, 6.07) is 6.19. The van der Waals surface area contributed by atoms with E-state index in [1.165, 1.54) is 23.7 Å². The molecule has 2 rings (SSSR count). The third-order valence-electron chi connectivity index (χ3n) is 3.13. The summed E-state index contributed by atoms with van der Waals surface area (Å²) < 4.78 is 17.4. The summed E-state index contributed by atoms with van der Waals surface area (Å²) in [6.45, 7) is 3.68. The molecule has 2 unspecified atom stereocenters. The van der Waals surface area contributed by atoms with Gasteiger partial charge in [-0.25, -0.2) is 9.37 Å². The van der Waals surface area contributed by atoms with Crippen LogP contribution >= 0.6 is 11.5 Å². The Bertz CT molecular complexity index is 565. The fourth-order valence-electron chi connectivity index (χ4n) is 1.57. The molecule has 0 aliphatic heterocycles. The lowest BCUT2D eigenvalue weighted by molar-refractivity contribution is 0.407. The Kier molecular flexibility index (Phi) is 3.93. The van der Waals surface area contributed by atoms with Crippen molar-refractivity contribution in [1.29, 1.82) is 0 Å². The van der Waals surface area contributed by atoms with Crippen LogP contribution in [0.5, 0.6) is 0 Å². The Hall–Kier alpha value is -1.37. The molecular weight excluding hydrogens is 263 g/mol. The van der Waals surface area contributed by atoms with Gasteiger partial charge in [0, 0.05) is 12.5 Å². The maximum absolute atomic E-state index is 13.1. The minimum atomic E-state index is -0.697. The van der Waals surface area contributed by atoms with Gasteiger partial charge in [-0.1, -0.05) is 12.1 Å². The first-order valence-electron chi connectivity index (χ1n) is 6.01. The zero-order valence-electron chi connectivity index (χ0n) is 10.9. The van der Waals surface area contributed by atoms with Gasteiger partial charge in [-0.3, -0.25) is 0 Å². The van der Waals surface area contributed by atoms with Gasteiger partial charge in [-0.05, 0) is 43.1 Å². The normalized spacial score (nSPS) is 16.1. The van der Waals surface area contributed by atoms with Crippen LogP contribution in [0.1, 0.15) is 30.2 Å². The molecule has 102 valence electrons. The molecule has 1 heterocycles. The standard InChI is InChI=1S/C13H17FN4S/c1-8(15)13(2,16)12-17-11(18-19-12)7-9-4-3-5-10(14)6-9/h3-6,8H,7,15-16H2,1-2H3. The van der Waals surface area contributed by atoms with E-state index in [9.17, 15) is 4.39 Å². The van der Waals surface area contributed by atoms with Gasteiger partial charge < -0.3 is 11.5 Å². The smallest absolute Gasteiger partial charge is 0.147 e. The Balaban J connectivity index is 2.18. The number of benzene rings is 1. The minimum Gasteiger partial charge on any atom is -0.326 e. The lowest BCUT2D eigenvalue weighted by atomic mass is 9.97. The molecule has 0 amide bonds. The van der Waals surface area contributed by atoms with E-state index in [2.05, 4.69) is 9.36 Å². The van der Waals surface area contributed by atoms with Gasteiger partial charge in [0.2, 0.25) is 0 Å². The van der Waals surface area contributed by atoms with Crippen molar-refractivity contribution >= 4 is 11.5 Å². The molecule has 0 saturated heterocycles. The van der Waals surface area contributed by atoms with E-state index in [0.29, 0.717) is 17.3 Å². The molecule has 1 aromatic carbocycles. The van der Waals surface area contributed by atoms with Crippen molar-refractivity contribution in [1.82, 2.24) is 9.36 Å². The van der Waals surface area contributed by atoms with E-state index < -0.39 is 5.54 Å². The number of nitrogens with two attached hydrogens (primary N) is 2. The second kappa shape index (κ2) is 5.32. The number of nitrogens with zero attached hydrogens (tertiary/aromatic N) is 2. The molecule has 0 spiro atoms. The molecule has 0 aliphatic carbocycles. The van der Waals surface area contributed by atoms with Gasteiger partial charge in [0.05, 0.1) is 5.54 Å². The lowest BCUT2D eigenvalue weighted by Crippen LogP contribution is -2.48. The molecule has 6 heteroatoms. The van der Waals surface area contributed by atoms with Crippen molar-refractivity contribution in [3.05, 3.63) is 46.5 Å². The summed E-state index contributed by atoms with van der Waals surface area (Å²) in [6.07, 6.45) is 0.489. The van der Waals surface area contributed by atoms with Crippen LogP contribution < -0.4 is 11.5 Å². The lowest BCUT2D eigenvalue weighted by Gasteiger charge is -2.25. The van der Waals surface area contributed by atoms with Crippen LogP contribution in [0, 0.1) is 5.82 Å². The molecule has 1 aromatic heterocycles. The Morgan fingerprint density at radius 1 is 1.47 bits per heavy atom. The van der Waals surface area contributed by atoms with Gasteiger partial charge >= 0.3 is 0 Å². The van der Waals surface area contributed by atoms with Gasteiger partial charge in [0.15, 0.2) is 0 Å². The Morgan fingerprint density at radius 2 is 2.21 bits per heavy atom. The highest BCUT2D eigenvalue weighted by Gasteiger charge is 2.30. The molecule has 4 nitrogen and oxygen atoms in total. The zero-order chi connectivity index (χ0) is 14.0. The first-order valence-corrected chi connectivity index (χ1v) is 6.79. The molecule has 19 heavy (non-hydrogen) atoms. The van der Waals surface area contributed by atoms with Gasteiger partial charge in [0.1, 0.15) is 16.6 Å². The third kappa shape index (κ3) is 3.15. The number of aromatic nitrogens is 2. The van der Waals surface area contributed by atoms with Crippen molar-refractivity contribution in [2.24, 2.45) is 11.5 Å². The Labute approximate surface area is 115 Å². The molecule has 2 atom stereocenters. The quantitative estimate of drug-likeness (QED) is 0.895. The molecule has 4 N–H and O–H groups in total. The van der Waals surface area contributed by atoms with Crippen LogP contribution in [0.4, 0.5) is 4.39 Å². The molecule has 0 radical (unpaired) electrons. The molecule has 2 aromatic rings. The summed E-state index contributed by atoms with van der Waals surface area (Å²) in [5, 5.41) is 0.703. The largest absolute Gasteiger partial charge is 0.326 e.